The van der Waals surface area contributed by atoms with Crippen molar-refractivity contribution >= 4 is 17.7 Å². The second kappa shape index (κ2) is 12.7. The lowest BCUT2D eigenvalue weighted by atomic mass is 10.0. The first-order valence-electron chi connectivity index (χ1n) is 10.9. The summed E-state index contributed by atoms with van der Waals surface area (Å²) in [5, 5.41) is 7.13. The molecule has 0 aliphatic carbocycles. The Morgan fingerprint density at radius 3 is 2.68 bits per heavy atom. The minimum Gasteiger partial charge on any atom is -0.344 e. The van der Waals surface area contributed by atoms with Crippen LogP contribution in [-0.4, -0.2) is 47.4 Å². The molecule has 31 heavy (non-hydrogen) atoms. The number of nitrogens with one attached hydrogen (secondary N) is 3. The molecule has 1 heterocycles. The van der Waals surface area contributed by atoms with E-state index in [-0.39, 0.29) is 30.2 Å². The van der Waals surface area contributed by atoms with Crippen LogP contribution in [0, 0.1) is 0 Å². The largest absolute Gasteiger partial charge is 0.344 e. The lowest BCUT2D eigenvalue weighted by Crippen LogP contribution is -2.58. The van der Waals surface area contributed by atoms with Crippen LogP contribution in [0.25, 0.3) is 0 Å². The molecule has 2 rings (SSSR count). The molecule has 7 heteroatoms. The molecule has 168 valence electrons. The summed E-state index contributed by atoms with van der Waals surface area (Å²) in [6.45, 7) is 7.86. The Labute approximate surface area is 184 Å². The fourth-order valence-electron chi connectivity index (χ4n) is 3.46. The van der Waals surface area contributed by atoms with Crippen LogP contribution in [0.3, 0.4) is 0 Å². The average Bonchev–Trinajstić information content (AvgIpc) is 2.80. The Morgan fingerprint density at radius 1 is 1.26 bits per heavy atom. The summed E-state index contributed by atoms with van der Waals surface area (Å²) in [5.41, 5.74) is 4.21. The van der Waals surface area contributed by atoms with Gasteiger partial charge >= 0.3 is 0 Å². The number of benzene rings is 1. The first kappa shape index (κ1) is 24.3. The van der Waals surface area contributed by atoms with Crippen LogP contribution in [0.1, 0.15) is 45.1 Å². The second-order valence-electron chi connectivity index (χ2n) is 7.75. The van der Waals surface area contributed by atoms with Crippen molar-refractivity contribution in [2.45, 2.75) is 64.1 Å². The summed E-state index contributed by atoms with van der Waals surface area (Å²) in [4.78, 5) is 37.9. The quantitative estimate of drug-likeness (QED) is 0.501. The van der Waals surface area contributed by atoms with Crippen molar-refractivity contribution < 1.29 is 14.4 Å². The zero-order valence-corrected chi connectivity index (χ0v) is 18.5. The van der Waals surface area contributed by atoms with E-state index in [0.717, 1.165) is 18.4 Å². The number of hydrogen-bond acceptors (Lipinski definition) is 4. The van der Waals surface area contributed by atoms with Crippen molar-refractivity contribution in [1.29, 1.82) is 0 Å². The van der Waals surface area contributed by atoms with Gasteiger partial charge in [-0.2, -0.15) is 0 Å². The summed E-state index contributed by atoms with van der Waals surface area (Å²) >= 11 is 0. The third-order valence-electron chi connectivity index (χ3n) is 5.25. The van der Waals surface area contributed by atoms with E-state index in [2.05, 4.69) is 22.6 Å². The zero-order valence-electron chi connectivity index (χ0n) is 18.5. The van der Waals surface area contributed by atoms with Crippen LogP contribution < -0.4 is 16.1 Å². The number of rotatable bonds is 10. The van der Waals surface area contributed by atoms with Crippen LogP contribution in [0.15, 0.2) is 55.1 Å². The molecule has 3 amide bonds. The summed E-state index contributed by atoms with van der Waals surface area (Å²) in [5.74, 6) is -0.790. The fourth-order valence-corrected chi connectivity index (χ4v) is 3.46. The summed E-state index contributed by atoms with van der Waals surface area (Å²) in [6, 6.07) is 8.41. The number of hydrogen-bond donors (Lipinski definition) is 3. The number of nitrogens with zero attached hydrogens (tertiary/aromatic N) is 1. The van der Waals surface area contributed by atoms with Gasteiger partial charge in [-0.05, 0) is 45.1 Å². The molecule has 1 saturated heterocycles. The first-order valence-corrected chi connectivity index (χ1v) is 10.9. The molecule has 1 aromatic rings. The molecule has 3 unspecified atom stereocenters. The summed E-state index contributed by atoms with van der Waals surface area (Å²) < 4.78 is 0. The Hall–Kier alpha value is -2.93. The molecule has 0 bridgehead atoms. The maximum absolute atomic E-state index is 12.9. The molecule has 1 aromatic carbocycles. The van der Waals surface area contributed by atoms with E-state index in [1.807, 2.05) is 37.3 Å². The minimum atomic E-state index is -0.719. The second-order valence-corrected chi connectivity index (χ2v) is 7.75. The van der Waals surface area contributed by atoms with Crippen LogP contribution in [-0.2, 0) is 20.8 Å². The number of carbonyl (C=O) groups is 3. The number of amides is 3. The molecule has 0 spiro atoms. The maximum Gasteiger partial charge on any atom is 0.258 e. The lowest BCUT2D eigenvalue weighted by Gasteiger charge is -2.34. The highest BCUT2D eigenvalue weighted by Crippen LogP contribution is 2.10. The third-order valence-corrected chi connectivity index (χ3v) is 5.25. The normalized spacial score (nSPS) is 18.3. The fraction of sp³-hybridized carbons (Fsp3) is 0.458. The standard InChI is InChI=1S/C24H34N4O3/c1-4-6-14-22(29)26-21(16-15-19-11-8-7-9-12-19)23(30)25-18(3)24(31)28-17-10-13-20(5-2)27-28/h4-9,11-12,18,20-21,27H,2,10,13-17H2,1,3H3,(H,25,30)(H,26,29)/b6-4+. The minimum absolute atomic E-state index is 0.0464. The van der Waals surface area contributed by atoms with Gasteiger partial charge in [0.1, 0.15) is 12.1 Å². The summed E-state index contributed by atoms with van der Waals surface area (Å²) in [6.07, 6.45) is 8.40. The number of carbonyl (C=O) groups excluding carboxylic acids is 3. The molecule has 7 nitrogen and oxygen atoms in total. The van der Waals surface area contributed by atoms with Gasteiger partial charge in [0.05, 0.1) is 0 Å². The predicted octanol–water partition coefficient (Wildman–Crippen LogP) is 2.26. The predicted molar refractivity (Wildman–Crippen MR) is 122 cm³/mol. The zero-order chi connectivity index (χ0) is 22.6. The van der Waals surface area contributed by atoms with Gasteiger partial charge in [0, 0.05) is 19.0 Å². The van der Waals surface area contributed by atoms with Crippen molar-refractivity contribution in [1.82, 2.24) is 21.1 Å². The van der Waals surface area contributed by atoms with Gasteiger partial charge in [-0.15, -0.1) is 6.58 Å². The van der Waals surface area contributed by atoms with Crippen molar-refractivity contribution in [3.05, 3.63) is 60.7 Å². The Kier molecular flexibility index (Phi) is 9.97. The van der Waals surface area contributed by atoms with Gasteiger partial charge < -0.3 is 10.6 Å². The van der Waals surface area contributed by atoms with Crippen LogP contribution in [0.5, 0.6) is 0 Å². The van der Waals surface area contributed by atoms with E-state index in [4.69, 9.17) is 0 Å². The number of aryl methyl sites for hydroxylation is 1. The van der Waals surface area contributed by atoms with Crippen molar-refractivity contribution in [2.75, 3.05) is 6.54 Å². The summed E-state index contributed by atoms with van der Waals surface area (Å²) in [7, 11) is 0. The molecule has 1 fully saturated rings. The van der Waals surface area contributed by atoms with Gasteiger partial charge in [-0.1, -0.05) is 48.6 Å². The van der Waals surface area contributed by atoms with Gasteiger partial charge in [0.25, 0.3) is 5.91 Å². The van der Waals surface area contributed by atoms with E-state index in [0.29, 0.717) is 19.4 Å². The van der Waals surface area contributed by atoms with Crippen molar-refractivity contribution in [3.63, 3.8) is 0 Å². The van der Waals surface area contributed by atoms with E-state index in [1.165, 1.54) is 0 Å². The number of allylic oxidation sites excluding steroid dienone is 1. The van der Waals surface area contributed by atoms with E-state index >= 15 is 0 Å². The van der Waals surface area contributed by atoms with Gasteiger partial charge in [0.2, 0.25) is 11.8 Å². The third kappa shape index (κ3) is 8.02. The van der Waals surface area contributed by atoms with Crippen molar-refractivity contribution in [2.24, 2.45) is 0 Å². The highest BCUT2D eigenvalue weighted by Gasteiger charge is 2.28. The first-order chi connectivity index (χ1) is 14.9. The monoisotopic (exact) mass is 426 g/mol. The van der Waals surface area contributed by atoms with Crippen molar-refractivity contribution in [3.8, 4) is 0 Å². The Balaban J connectivity index is 1.99. The number of hydrazine groups is 1. The Bertz CT molecular complexity index is 778. The molecule has 0 radical (unpaired) electrons. The molecule has 3 N–H and O–H groups in total. The smallest absolute Gasteiger partial charge is 0.258 e. The lowest BCUT2D eigenvalue weighted by molar-refractivity contribution is -0.140. The average molecular weight is 427 g/mol. The van der Waals surface area contributed by atoms with E-state index in [9.17, 15) is 14.4 Å². The van der Waals surface area contributed by atoms with Crippen LogP contribution in [0.4, 0.5) is 0 Å². The SMILES string of the molecule is C=CC1CCCN(C(=O)C(C)NC(=O)C(CCc2ccccc2)NC(=O)C/C=C/C)N1. The maximum atomic E-state index is 12.9. The Morgan fingerprint density at radius 2 is 2.00 bits per heavy atom. The van der Waals surface area contributed by atoms with Crippen LogP contribution >= 0.6 is 0 Å². The molecule has 0 saturated carbocycles. The van der Waals surface area contributed by atoms with E-state index < -0.39 is 12.1 Å². The molecule has 0 aromatic heterocycles. The van der Waals surface area contributed by atoms with Gasteiger partial charge in [-0.25, -0.2) is 5.43 Å². The van der Waals surface area contributed by atoms with Gasteiger partial charge in [-0.3, -0.25) is 19.4 Å². The topological polar surface area (TPSA) is 90.5 Å². The molecule has 3 atom stereocenters. The highest BCUT2D eigenvalue weighted by molar-refractivity contribution is 5.92. The molecular weight excluding hydrogens is 392 g/mol. The molecule has 1 aliphatic rings. The molecular formula is C24H34N4O3. The van der Waals surface area contributed by atoms with E-state index in [1.54, 1.807) is 30.2 Å². The molecule has 1 aliphatic heterocycles. The highest BCUT2D eigenvalue weighted by atomic mass is 16.2. The van der Waals surface area contributed by atoms with Gasteiger partial charge in [0.15, 0.2) is 0 Å². The van der Waals surface area contributed by atoms with Crippen LogP contribution in [0.2, 0.25) is 0 Å².